The monoisotopic (exact) mass is 295 g/mol. The van der Waals surface area contributed by atoms with Crippen molar-refractivity contribution in [2.75, 3.05) is 13.1 Å². The summed E-state index contributed by atoms with van der Waals surface area (Å²) in [5.74, 6) is 0. The molecule has 8 heteroatoms. The molecule has 0 spiro atoms. The number of hydrogen-bond acceptors (Lipinski definition) is 4. The Bertz CT molecular complexity index is 499. The van der Waals surface area contributed by atoms with Crippen LogP contribution in [0.4, 0.5) is 0 Å². The molecule has 0 amide bonds. The second-order valence-electron chi connectivity index (χ2n) is 4.66. The highest BCUT2D eigenvalue weighted by Gasteiger charge is 2.32. The first kappa shape index (κ1) is 15.4. The molecule has 0 bridgehead atoms. The molecule has 1 heterocycles. The summed E-state index contributed by atoms with van der Waals surface area (Å²) < 4.78 is 27.2. The zero-order valence-electron chi connectivity index (χ0n) is 10.9. The molecule has 1 aromatic heterocycles. The Hall–Kier alpha value is -0.630. The van der Waals surface area contributed by atoms with Crippen LogP contribution < -0.4 is 0 Å². The van der Waals surface area contributed by atoms with Gasteiger partial charge in [0, 0.05) is 20.1 Å². The van der Waals surface area contributed by atoms with Crippen LogP contribution in [0.1, 0.15) is 20.8 Å². The van der Waals surface area contributed by atoms with Gasteiger partial charge in [0.05, 0.1) is 16.8 Å². The summed E-state index contributed by atoms with van der Waals surface area (Å²) in [6.45, 7) is 5.04. The predicted molar refractivity (Wildman–Crippen MR) is 68.9 cm³/mol. The second kappa shape index (κ2) is 5.16. The Balaban J connectivity index is 3.20. The van der Waals surface area contributed by atoms with Gasteiger partial charge in [0.25, 0.3) is 10.0 Å². The van der Waals surface area contributed by atoms with Gasteiger partial charge in [-0.3, -0.25) is 4.68 Å². The number of aryl methyl sites for hydroxylation is 1. The van der Waals surface area contributed by atoms with E-state index in [-0.39, 0.29) is 23.1 Å². The third-order valence-corrected chi connectivity index (χ3v) is 4.77. The molecule has 104 valence electrons. The molecule has 0 aromatic carbocycles. The van der Waals surface area contributed by atoms with Crippen LogP contribution in [0.15, 0.2) is 11.2 Å². The topological polar surface area (TPSA) is 75.4 Å². The summed E-state index contributed by atoms with van der Waals surface area (Å²) in [4.78, 5) is 0. The molecule has 0 atom stereocenters. The number of hydrogen-bond donors (Lipinski definition) is 1. The highest BCUT2D eigenvalue weighted by molar-refractivity contribution is 7.89. The van der Waals surface area contributed by atoms with Gasteiger partial charge in [-0.25, -0.2) is 8.42 Å². The standard InChI is InChI=1S/C10H18ClN3O3S/c1-5-14(7-10(2,3)15)18(16,17)9-8(11)6-12-13(9)4/h6,15H,5,7H2,1-4H3. The van der Waals surface area contributed by atoms with Crippen molar-refractivity contribution in [2.45, 2.75) is 31.4 Å². The molecule has 18 heavy (non-hydrogen) atoms. The molecular formula is C10H18ClN3O3S. The van der Waals surface area contributed by atoms with E-state index in [0.29, 0.717) is 0 Å². The number of likely N-dealkylation sites (N-methyl/N-ethyl adjacent to an activating group) is 1. The summed E-state index contributed by atoms with van der Waals surface area (Å²) in [6, 6.07) is 0. The van der Waals surface area contributed by atoms with Crippen molar-refractivity contribution >= 4 is 21.6 Å². The van der Waals surface area contributed by atoms with Gasteiger partial charge in [0.1, 0.15) is 0 Å². The van der Waals surface area contributed by atoms with Crippen LogP contribution in [0.3, 0.4) is 0 Å². The zero-order valence-corrected chi connectivity index (χ0v) is 12.5. The molecule has 0 unspecified atom stereocenters. The third kappa shape index (κ3) is 3.23. The summed E-state index contributed by atoms with van der Waals surface area (Å²) in [6.07, 6.45) is 1.28. The fourth-order valence-electron chi connectivity index (χ4n) is 1.61. The molecule has 0 fully saturated rings. The first-order chi connectivity index (χ1) is 8.09. The van der Waals surface area contributed by atoms with Crippen molar-refractivity contribution in [1.29, 1.82) is 0 Å². The van der Waals surface area contributed by atoms with Gasteiger partial charge in [-0.2, -0.15) is 9.40 Å². The van der Waals surface area contributed by atoms with Crippen LogP contribution in [0, 0.1) is 0 Å². The SMILES string of the molecule is CCN(CC(C)(C)O)S(=O)(=O)c1c(Cl)cnn1C. The van der Waals surface area contributed by atoms with Gasteiger partial charge >= 0.3 is 0 Å². The lowest BCUT2D eigenvalue weighted by atomic mass is 10.1. The van der Waals surface area contributed by atoms with Gasteiger partial charge in [0.15, 0.2) is 5.03 Å². The van der Waals surface area contributed by atoms with E-state index in [0.717, 1.165) is 0 Å². The molecule has 0 aliphatic carbocycles. The first-order valence-electron chi connectivity index (χ1n) is 5.49. The van der Waals surface area contributed by atoms with Gasteiger partial charge < -0.3 is 5.11 Å². The summed E-state index contributed by atoms with van der Waals surface area (Å²) in [5.41, 5.74) is -1.12. The number of nitrogens with zero attached hydrogens (tertiary/aromatic N) is 3. The van der Waals surface area contributed by atoms with Crippen LogP contribution >= 0.6 is 11.6 Å². The first-order valence-corrected chi connectivity index (χ1v) is 7.31. The van der Waals surface area contributed by atoms with Crippen LogP contribution in [-0.2, 0) is 17.1 Å². The summed E-state index contributed by atoms with van der Waals surface area (Å²) in [7, 11) is -2.25. The summed E-state index contributed by atoms with van der Waals surface area (Å²) in [5, 5.41) is 13.6. The van der Waals surface area contributed by atoms with Crippen LogP contribution in [0.2, 0.25) is 5.02 Å². The van der Waals surface area contributed by atoms with Crippen LogP contribution in [-0.4, -0.2) is 46.3 Å². The highest BCUT2D eigenvalue weighted by atomic mass is 35.5. The van der Waals surface area contributed by atoms with Gasteiger partial charge in [0.2, 0.25) is 0 Å². The van der Waals surface area contributed by atoms with Crippen molar-refractivity contribution in [3.63, 3.8) is 0 Å². The van der Waals surface area contributed by atoms with E-state index in [2.05, 4.69) is 5.10 Å². The zero-order chi connectivity index (χ0) is 14.1. The maximum atomic E-state index is 12.4. The number of rotatable bonds is 5. The predicted octanol–water partition coefficient (Wildman–Crippen LogP) is 0.855. The normalized spacial score (nSPS) is 13.3. The molecule has 0 saturated carbocycles. The van der Waals surface area contributed by atoms with Crippen molar-refractivity contribution < 1.29 is 13.5 Å². The lowest BCUT2D eigenvalue weighted by molar-refractivity contribution is 0.0600. The fraction of sp³-hybridized carbons (Fsp3) is 0.700. The largest absolute Gasteiger partial charge is 0.389 e. The second-order valence-corrected chi connectivity index (χ2v) is 6.93. The van der Waals surface area contributed by atoms with E-state index in [4.69, 9.17) is 11.6 Å². The van der Waals surface area contributed by atoms with Crippen molar-refractivity contribution in [3.05, 3.63) is 11.2 Å². The van der Waals surface area contributed by atoms with E-state index >= 15 is 0 Å². The van der Waals surface area contributed by atoms with Crippen molar-refractivity contribution in [1.82, 2.24) is 14.1 Å². The van der Waals surface area contributed by atoms with E-state index in [9.17, 15) is 13.5 Å². The molecule has 1 aromatic rings. The fourth-order valence-corrected chi connectivity index (χ4v) is 3.82. The number of halogens is 1. The van der Waals surface area contributed by atoms with Crippen molar-refractivity contribution in [3.8, 4) is 0 Å². The number of sulfonamides is 1. The van der Waals surface area contributed by atoms with E-state index in [1.807, 2.05) is 0 Å². The Morgan fingerprint density at radius 2 is 2.11 bits per heavy atom. The van der Waals surface area contributed by atoms with E-state index < -0.39 is 15.6 Å². The average Bonchev–Trinajstić information content (AvgIpc) is 2.53. The molecule has 0 saturated heterocycles. The Morgan fingerprint density at radius 1 is 1.56 bits per heavy atom. The van der Waals surface area contributed by atoms with Gasteiger partial charge in [-0.15, -0.1) is 0 Å². The molecular weight excluding hydrogens is 278 g/mol. The molecule has 0 aliphatic rings. The van der Waals surface area contributed by atoms with Crippen LogP contribution in [0.25, 0.3) is 0 Å². The lowest BCUT2D eigenvalue weighted by Crippen LogP contribution is -2.42. The molecule has 1 rings (SSSR count). The average molecular weight is 296 g/mol. The Morgan fingerprint density at radius 3 is 2.44 bits per heavy atom. The van der Waals surface area contributed by atoms with E-state index in [1.54, 1.807) is 20.8 Å². The molecule has 1 N–H and O–H groups in total. The quantitative estimate of drug-likeness (QED) is 0.874. The van der Waals surface area contributed by atoms with Gasteiger partial charge in [-0.1, -0.05) is 18.5 Å². The minimum absolute atomic E-state index is 0.00660. The van der Waals surface area contributed by atoms with Crippen molar-refractivity contribution in [2.24, 2.45) is 7.05 Å². The minimum Gasteiger partial charge on any atom is -0.389 e. The highest BCUT2D eigenvalue weighted by Crippen LogP contribution is 2.24. The number of aliphatic hydroxyl groups is 1. The molecule has 0 aliphatic heterocycles. The smallest absolute Gasteiger partial charge is 0.261 e. The minimum atomic E-state index is -3.76. The van der Waals surface area contributed by atoms with E-state index in [1.165, 1.54) is 22.2 Å². The lowest BCUT2D eigenvalue weighted by Gasteiger charge is -2.27. The maximum absolute atomic E-state index is 12.4. The van der Waals surface area contributed by atoms with Crippen LogP contribution in [0.5, 0.6) is 0 Å². The van der Waals surface area contributed by atoms with Gasteiger partial charge in [-0.05, 0) is 13.8 Å². The summed E-state index contributed by atoms with van der Waals surface area (Å²) >= 11 is 5.85. The maximum Gasteiger partial charge on any atom is 0.261 e. The molecule has 0 radical (unpaired) electrons. The Labute approximate surface area is 112 Å². The Kier molecular flexibility index (Phi) is 4.42. The molecule has 6 nitrogen and oxygen atoms in total. The third-order valence-electron chi connectivity index (χ3n) is 2.34. The number of aromatic nitrogens is 2.